The zero-order valence-electron chi connectivity index (χ0n) is 18.7. The molecule has 1 N–H and O–H groups in total. The first-order chi connectivity index (χ1) is 14.4. The molecule has 9 heteroatoms. The molecule has 2 aliphatic rings. The first-order valence-electron chi connectivity index (χ1n) is 10.3. The van der Waals surface area contributed by atoms with Crippen LogP contribution in [0.15, 0.2) is 0 Å². The van der Waals surface area contributed by atoms with Crippen molar-refractivity contribution < 1.29 is 28.7 Å². The number of ether oxygens (including phenoxy) is 1. The first-order valence-corrected chi connectivity index (χ1v) is 11.2. The predicted molar refractivity (Wildman–Crippen MR) is 115 cm³/mol. The van der Waals surface area contributed by atoms with Gasteiger partial charge >= 0.3 is 5.97 Å². The number of fused-ring (bicyclic) bond motifs is 2. The minimum atomic E-state index is -0.705. The van der Waals surface area contributed by atoms with Gasteiger partial charge in [0.25, 0.3) is 0 Å². The number of carbonyl (C=O) groups excluding carboxylic acids is 5. The number of imide groups is 1. The molecule has 3 rings (SSSR count). The highest BCUT2D eigenvalue weighted by molar-refractivity contribution is 7.18. The van der Waals surface area contributed by atoms with Gasteiger partial charge in [0.15, 0.2) is 5.78 Å². The molecule has 1 aromatic heterocycles. The molecule has 2 bridgehead atoms. The monoisotopic (exact) mass is 448 g/mol. The largest absolute Gasteiger partial charge is 0.462 e. The number of nitrogens with one attached hydrogen (secondary N) is 1. The third kappa shape index (κ3) is 3.48. The molecule has 1 saturated carbocycles. The van der Waals surface area contributed by atoms with Gasteiger partial charge in [0.1, 0.15) is 11.5 Å². The third-order valence-electron chi connectivity index (χ3n) is 7.01. The van der Waals surface area contributed by atoms with E-state index in [2.05, 4.69) is 5.32 Å². The van der Waals surface area contributed by atoms with Crippen LogP contribution >= 0.6 is 11.3 Å². The molecule has 2 heterocycles. The minimum Gasteiger partial charge on any atom is -0.462 e. The molecule has 0 radical (unpaired) electrons. The number of piperidine rings is 1. The third-order valence-corrected chi connectivity index (χ3v) is 8.32. The summed E-state index contributed by atoms with van der Waals surface area (Å²) in [5, 5.41) is 2.80. The van der Waals surface area contributed by atoms with E-state index in [0.717, 1.165) is 16.2 Å². The van der Waals surface area contributed by atoms with Gasteiger partial charge in [-0.15, -0.1) is 11.3 Å². The number of rotatable bonds is 6. The summed E-state index contributed by atoms with van der Waals surface area (Å²) >= 11 is 0.982. The molecule has 2 atom stereocenters. The molecule has 1 aliphatic heterocycles. The molecule has 0 spiro atoms. The van der Waals surface area contributed by atoms with E-state index in [1.165, 1.54) is 6.92 Å². The zero-order chi connectivity index (χ0) is 23.3. The normalized spacial score (nSPS) is 24.3. The number of Topliss-reactive ketones (excluding diaryl/α,β-unsaturated/α-hetero) is 1. The lowest BCUT2D eigenvalue weighted by molar-refractivity contribution is -0.168. The van der Waals surface area contributed by atoms with E-state index < -0.39 is 29.3 Å². The van der Waals surface area contributed by atoms with Crippen LogP contribution in [-0.2, 0) is 19.1 Å². The maximum atomic E-state index is 13.1. The van der Waals surface area contributed by atoms with Gasteiger partial charge in [-0.05, 0) is 44.6 Å². The van der Waals surface area contributed by atoms with Crippen molar-refractivity contribution in [1.29, 1.82) is 0 Å². The van der Waals surface area contributed by atoms with Gasteiger partial charge in [-0.25, -0.2) is 4.79 Å². The van der Waals surface area contributed by atoms with Crippen LogP contribution in [0.25, 0.3) is 0 Å². The second-order valence-corrected chi connectivity index (χ2v) is 9.98. The highest BCUT2D eigenvalue weighted by Crippen LogP contribution is 2.60. The smallest absolute Gasteiger partial charge is 0.341 e. The lowest BCUT2D eigenvalue weighted by Gasteiger charge is -2.47. The number of hydrogen-bond acceptors (Lipinski definition) is 7. The fourth-order valence-electron chi connectivity index (χ4n) is 4.75. The highest BCUT2D eigenvalue weighted by Gasteiger charge is 2.64. The van der Waals surface area contributed by atoms with Gasteiger partial charge < -0.3 is 10.1 Å². The summed E-state index contributed by atoms with van der Waals surface area (Å²) in [7, 11) is 0. The van der Waals surface area contributed by atoms with Crippen LogP contribution in [0.5, 0.6) is 0 Å². The van der Waals surface area contributed by atoms with E-state index in [0.29, 0.717) is 23.3 Å². The number of carbonyl (C=O) groups is 5. The minimum absolute atomic E-state index is 0.120. The number of amides is 3. The van der Waals surface area contributed by atoms with E-state index in [9.17, 15) is 24.0 Å². The predicted octanol–water partition coefficient (Wildman–Crippen LogP) is 3.19. The molecular weight excluding hydrogens is 420 g/mol. The molecule has 31 heavy (non-hydrogen) atoms. The van der Waals surface area contributed by atoms with E-state index in [4.69, 9.17) is 4.74 Å². The van der Waals surface area contributed by atoms with E-state index in [1.807, 2.05) is 20.8 Å². The molecule has 0 aromatic carbocycles. The molecule has 2 fully saturated rings. The van der Waals surface area contributed by atoms with Gasteiger partial charge in [-0.3, -0.25) is 24.1 Å². The highest BCUT2D eigenvalue weighted by atomic mass is 32.1. The van der Waals surface area contributed by atoms with Crippen molar-refractivity contribution in [2.75, 3.05) is 18.5 Å². The Balaban J connectivity index is 1.86. The summed E-state index contributed by atoms with van der Waals surface area (Å²) in [6, 6.07) is 0. The summed E-state index contributed by atoms with van der Waals surface area (Å²) in [6.45, 7) is 10.1. The number of likely N-dealkylation sites (tertiary alicyclic amines) is 1. The fraction of sp³-hybridized carbons (Fsp3) is 0.591. The summed E-state index contributed by atoms with van der Waals surface area (Å²) in [6.07, 6.45) is 1.22. The van der Waals surface area contributed by atoms with Gasteiger partial charge in [0, 0.05) is 5.92 Å². The van der Waals surface area contributed by atoms with E-state index >= 15 is 0 Å². The Morgan fingerprint density at radius 2 is 1.87 bits per heavy atom. The molecule has 3 amide bonds. The lowest BCUT2D eigenvalue weighted by atomic mass is 9.62. The number of thiophene rings is 1. The van der Waals surface area contributed by atoms with Crippen LogP contribution in [0.3, 0.4) is 0 Å². The van der Waals surface area contributed by atoms with Gasteiger partial charge in [0.05, 0.1) is 22.5 Å². The summed E-state index contributed by atoms with van der Waals surface area (Å²) in [5.74, 6) is -2.47. The molecule has 1 saturated heterocycles. The second kappa shape index (κ2) is 7.85. The molecule has 8 nitrogen and oxygen atoms in total. The number of hydrogen-bond donors (Lipinski definition) is 1. The van der Waals surface area contributed by atoms with Crippen molar-refractivity contribution >= 4 is 45.8 Å². The number of anilines is 1. The first kappa shape index (κ1) is 23.1. The zero-order valence-corrected chi connectivity index (χ0v) is 19.5. The van der Waals surface area contributed by atoms with Gasteiger partial charge in [-0.2, -0.15) is 0 Å². The Morgan fingerprint density at radius 1 is 1.23 bits per heavy atom. The van der Waals surface area contributed by atoms with Crippen LogP contribution in [0.1, 0.15) is 73.1 Å². The maximum Gasteiger partial charge on any atom is 0.341 e. The Labute approximate surface area is 185 Å². The van der Waals surface area contributed by atoms with Crippen LogP contribution < -0.4 is 5.32 Å². The molecule has 1 aromatic rings. The van der Waals surface area contributed by atoms with Gasteiger partial charge in [-0.1, -0.05) is 20.8 Å². The number of esters is 1. The molecular formula is C22H28N2O6S. The van der Waals surface area contributed by atoms with Crippen LogP contribution in [0, 0.1) is 23.7 Å². The van der Waals surface area contributed by atoms with Crippen molar-refractivity contribution in [1.82, 2.24) is 4.90 Å². The summed E-state index contributed by atoms with van der Waals surface area (Å²) in [5.41, 5.74) is -0.617. The SMILES string of the molecule is CCOC(=O)c1c(NC(=O)CN2C(=O)C3CCC(C)(C2=O)C3(C)C)sc(C(C)=O)c1C. The fourth-order valence-corrected chi connectivity index (χ4v) is 5.85. The lowest BCUT2D eigenvalue weighted by Crippen LogP contribution is -2.60. The maximum absolute atomic E-state index is 13.1. The van der Waals surface area contributed by atoms with Crippen molar-refractivity contribution in [2.45, 2.75) is 54.4 Å². The number of ketones is 1. The Bertz CT molecular complexity index is 994. The Hall–Kier alpha value is -2.55. The average Bonchev–Trinajstić information content (AvgIpc) is 3.09. The van der Waals surface area contributed by atoms with Crippen molar-refractivity contribution in [3.8, 4) is 0 Å². The van der Waals surface area contributed by atoms with Crippen molar-refractivity contribution in [3.63, 3.8) is 0 Å². The Morgan fingerprint density at radius 3 is 2.45 bits per heavy atom. The average molecular weight is 449 g/mol. The quantitative estimate of drug-likeness (QED) is 0.407. The van der Waals surface area contributed by atoms with E-state index in [-0.39, 0.29) is 40.7 Å². The second-order valence-electron chi connectivity index (χ2n) is 8.96. The van der Waals surface area contributed by atoms with Crippen LogP contribution in [0.2, 0.25) is 0 Å². The molecule has 1 aliphatic carbocycles. The topological polar surface area (TPSA) is 110 Å². The molecule has 2 unspecified atom stereocenters. The van der Waals surface area contributed by atoms with E-state index in [1.54, 1.807) is 13.8 Å². The van der Waals surface area contributed by atoms with Crippen LogP contribution in [-0.4, -0.2) is 47.5 Å². The molecule has 168 valence electrons. The van der Waals surface area contributed by atoms with Crippen molar-refractivity contribution in [2.24, 2.45) is 16.7 Å². The van der Waals surface area contributed by atoms with Gasteiger partial charge in [0.2, 0.25) is 17.7 Å². The summed E-state index contributed by atoms with van der Waals surface area (Å²) < 4.78 is 5.07. The standard InChI is InChI=1S/C22H28N2O6S/c1-7-30-19(28)15-11(2)16(12(3)25)31-17(15)23-14(26)10-24-18(27)13-8-9-22(6,20(24)29)21(13,4)5/h13H,7-10H2,1-6H3,(H,23,26). The number of nitrogens with zero attached hydrogens (tertiary/aromatic N) is 1. The Kier molecular flexibility index (Phi) is 5.86. The van der Waals surface area contributed by atoms with Crippen molar-refractivity contribution in [3.05, 3.63) is 16.0 Å². The summed E-state index contributed by atoms with van der Waals surface area (Å²) in [4.78, 5) is 64.6. The van der Waals surface area contributed by atoms with Crippen LogP contribution in [0.4, 0.5) is 5.00 Å².